The molecule has 0 radical (unpaired) electrons. The first-order valence-corrected chi connectivity index (χ1v) is 25.6. The van der Waals surface area contributed by atoms with Gasteiger partial charge < -0.3 is 25.8 Å². The van der Waals surface area contributed by atoms with Crippen molar-refractivity contribution in [1.29, 1.82) is 0 Å². The second-order valence-corrected chi connectivity index (χ2v) is 20.8. The van der Waals surface area contributed by atoms with Crippen molar-refractivity contribution in [2.45, 2.75) is 116 Å². The lowest BCUT2D eigenvalue weighted by Crippen LogP contribution is -2.58. The van der Waals surface area contributed by atoms with Gasteiger partial charge in [-0.25, -0.2) is 0 Å². The number of anilines is 1. The number of nitrogens with zero attached hydrogens (tertiary/aromatic N) is 8. The fraction of sp³-hybridized carbons (Fsp3) is 0.490. The van der Waals surface area contributed by atoms with E-state index in [0.717, 1.165) is 95.3 Å². The molecule has 4 atom stereocenters. The van der Waals surface area contributed by atoms with E-state index in [1.54, 1.807) is 16.2 Å². The van der Waals surface area contributed by atoms with Crippen molar-refractivity contribution in [3.8, 4) is 16.3 Å². The fourth-order valence-corrected chi connectivity index (χ4v) is 12.0. The summed E-state index contributed by atoms with van der Waals surface area (Å²) in [5, 5.41) is 25.1. The third-order valence-electron chi connectivity index (χ3n) is 14.1. The minimum absolute atomic E-state index is 0.00629. The Morgan fingerprint density at radius 3 is 2.34 bits per heavy atom. The average molecular weight is 965 g/mol. The number of aliphatic imine (C=N–C) groups is 1. The molecule has 0 spiro atoms. The summed E-state index contributed by atoms with van der Waals surface area (Å²) in [4.78, 5) is 66.4. The van der Waals surface area contributed by atoms with Gasteiger partial charge in [-0.2, -0.15) is 0 Å². The predicted molar refractivity (Wildman–Crippen MR) is 262 cm³/mol. The van der Waals surface area contributed by atoms with Gasteiger partial charge in [0.15, 0.2) is 5.82 Å². The molecule has 18 heteroatoms. The van der Waals surface area contributed by atoms with E-state index in [1.807, 2.05) is 73.3 Å². The number of nitrogens with one attached hydrogen (secondary N) is 3. The minimum Gasteiger partial charge on any atom is -0.343 e. The van der Waals surface area contributed by atoms with E-state index in [0.29, 0.717) is 60.6 Å². The number of hydrogen-bond acceptors (Lipinski definition) is 12. The number of aryl methyl sites for hydroxylation is 2. The van der Waals surface area contributed by atoms with Crippen molar-refractivity contribution in [2.75, 3.05) is 31.5 Å². The fourth-order valence-electron chi connectivity index (χ4n) is 10.1. The third kappa shape index (κ3) is 9.97. The van der Waals surface area contributed by atoms with Crippen molar-refractivity contribution in [3.63, 3.8) is 0 Å². The van der Waals surface area contributed by atoms with Crippen LogP contribution >= 0.6 is 34.5 Å². The molecule has 1 aliphatic carbocycles. The van der Waals surface area contributed by atoms with Crippen molar-refractivity contribution >= 4 is 68.8 Å². The largest absolute Gasteiger partial charge is 0.343 e. The van der Waals surface area contributed by atoms with Crippen LogP contribution in [0.25, 0.3) is 16.3 Å². The zero-order chi connectivity index (χ0) is 46.8. The first-order chi connectivity index (χ1) is 32.4. The van der Waals surface area contributed by atoms with Crippen LogP contribution in [0.3, 0.4) is 0 Å². The Kier molecular flexibility index (Phi) is 14.3. The van der Waals surface area contributed by atoms with Crippen LogP contribution in [-0.4, -0.2) is 108 Å². The van der Waals surface area contributed by atoms with E-state index in [9.17, 15) is 19.2 Å². The van der Waals surface area contributed by atoms with Gasteiger partial charge in [0.05, 0.1) is 18.2 Å². The standard InChI is InChI=1S/C49H58ClN11O4S2/c1-28-30(3)66-49-40(28)41(35-17-19-36(50)20-18-35)52-37(44-57-55-31(4)61(44)49)26-39(62)59-24-21-32(22-25-59)27-51-29(2)45(63)53-43(34-14-9-6-10-15-34)48(65)60-23-11-16-38(60)46(64)54-47-42(56-58-67-47)33-12-7-5-8-13-33/h5,7-8,12-13,17-20,29,32,34,37-38,43,51H,6,9-11,14-16,21-27H2,1-4H3,(H,53,63)(H,54,64)/t29-,37-,38-,43-/m0/s1. The Labute approximate surface area is 404 Å². The molecule has 5 aromatic rings. The first kappa shape index (κ1) is 46.7. The molecule has 0 bridgehead atoms. The van der Waals surface area contributed by atoms with Gasteiger partial charge in [0.1, 0.15) is 39.6 Å². The maximum absolute atomic E-state index is 14.5. The van der Waals surface area contributed by atoms with Crippen LogP contribution in [0.5, 0.6) is 0 Å². The van der Waals surface area contributed by atoms with Gasteiger partial charge in [-0.1, -0.05) is 77.8 Å². The van der Waals surface area contributed by atoms with Gasteiger partial charge in [-0.15, -0.1) is 26.6 Å². The predicted octanol–water partition coefficient (Wildman–Crippen LogP) is 7.62. The number of hydrogen-bond donors (Lipinski definition) is 3. The minimum atomic E-state index is -0.720. The van der Waals surface area contributed by atoms with Gasteiger partial charge in [-0.3, -0.25) is 28.7 Å². The van der Waals surface area contributed by atoms with Crippen LogP contribution < -0.4 is 16.0 Å². The zero-order valence-corrected chi connectivity index (χ0v) is 40.9. The highest BCUT2D eigenvalue weighted by molar-refractivity contribution is 7.15. The van der Waals surface area contributed by atoms with E-state index in [2.05, 4.69) is 54.1 Å². The molecular formula is C49H58ClN11O4S2. The van der Waals surface area contributed by atoms with Crippen LogP contribution in [0.15, 0.2) is 59.6 Å². The molecule has 0 unspecified atom stereocenters. The Morgan fingerprint density at radius 2 is 1.60 bits per heavy atom. The van der Waals surface area contributed by atoms with Crippen LogP contribution in [-0.2, 0) is 19.2 Å². The Hall–Kier alpha value is -5.36. The van der Waals surface area contributed by atoms with E-state index < -0.39 is 24.2 Å². The van der Waals surface area contributed by atoms with Gasteiger partial charge in [0, 0.05) is 57.8 Å². The second-order valence-electron chi connectivity index (χ2n) is 18.4. The summed E-state index contributed by atoms with van der Waals surface area (Å²) in [6.45, 7) is 10.2. The lowest BCUT2D eigenvalue weighted by Gasteiger charge is -2.35. The number of carbonyl (C=O) groups excluding carboxylic acids is 4. The zero-order valence-electron chi connectivity index (χ0n) is 38.5. The molecular weight excluding hydrogens is 906 g/mol. The topological polar surface area (TPSA) is 180 Å². The molecule has 6 heterocycles. The summed E-state index contributed by atoms with van der Waals surface area (Å²) in [7, 11) is 0. The van der Waals surface area contributed by atoms with Gasteiger partial charge in [0.25, 0.3) is 0 Å². The lowest BCUT2D eigenvalue weighted by molar-refractivity contribution is -0.142. The highest BCUT2D eigenvalue weighted by atomic mass is 35.5. The van der Waals surface area contributed by atoms with Crippen molar-refractivity contribution < 1.29 is 19.2 Å². The molecule has 3 fully saturated rings. The van der Waals surface area contributed by atoms with Crippen molar-refractivity contribution in [2.24, 2.45) is 16.8 Å². The Bertz CT molecular complexity index is 2630. The van der Waals surface area contributed by atoms with Crippen molar-refractivity contribution in [1.82, 2.24) is 44.8 Å². The van der Waals surface area contributed by atoms with E-state index >= 15 is 0 Å². The van der Waals surface area contributed by atoms with E-state index in [1.165, 1.54) is 4.88 Å². The molecule has 67 heavy (non-hydrogen) atoms. The third-order valence-corrected chi connectivity index (χ3v) is 16.2. The smallest absolute Gasteiger partial charge is 0.247 e. The number of fused-ring (bicyclic) bond motifs is 3. The van der Waals surface area contributed by atoms with Crippen LogP contribution in [0.4, 0.5) is 5.00 Å². The van der Waals surface area contributed by atoms with E-state index in [-0.39, 0.29) is 41.9 Å². The Morgan fingerprint density at radius 1 is 0.851 bits per heavy atom. The number of carbonyl (C=O) groups is 4. The summed E-state index contributed by atoms with van der Waals surface area (Å²) < 4.78 is 6.16. The molecule has 1 saturated carbocycles. The summed E-state index contributed by atoms with van der Waals surface area (Å²) >= 11 is 9.09. The highest BCUT2D eigenvalue weighted by Crippen LogP contribution is 2.40. The summed E-state index contributed by atoms with van der Waals surface area (Å²) in [5.41, 5.74) is 5.36. The molecule has 4 amide bonds. The first-order valence-electron chi connectivity index (χ1n) is 23.6. The number of benzene rings is 2. The Balaban J connectivity index is 0.808. The molecule has 3 N–H and O–H groups in total. The normalized spacial score (nSPS) is 19.8. The van der Waals surface area contributed by atoms with Crippen LogP contribution in [0, 0.1) is 32.6 Å². The molecule has 2 aromatic carbocycles. The van der Waals surface area contributed by atoms with Gasteiger partial charge in [-0.05, 0) is 102 Å². The molecule has 3 aliphatic heterocycles. The SMILES string of the molecule is Cc1sc2c(c1C)C(c1ccc(Cl)cc1)=N[C@@H](CC(=O)N1CCC(CN[C@@H](C)C(=O)N[C@H](C(=O)N3CCC[C@H]3C(=O)Nc3snnc3-c3ccccc3)C3CCCCC3)CC1)c1nnc(C)n1-2. The second kappa shape index (κ2) is 20.5. The highest BCUT2D eigenvalue weighted by Gasteiger charge is 2.42. The number of piperidine rings is 1. The quantitative estimate of drug-likeness (QED) is 0.107. The number of halogens is 1. The average Bonchev–Trinajstić information content (AvgIpc) is 4.15. The number of likely N-dealkylation sites (tertiary alicyclic amines) is 2. The molecule has 352 valence electrons. The number of aromatic nitrogens is 5. The molecule has 15 nitrogen and oxygen atoms in total. The molecule has 4 aliphatic rings. The van der Waals surface area contributed by atoms with Gasteiger partial charge in [0.2, 0.25) is 23.6 Å². The summed E-state index contributed by atoms with van der Waals surface area (Å²) in [5.74, 6) is 0.979. The number of amides is 4. The molecule has 2 saturated heterocycles. The molecule has 9 rings (SSSR count). The number of rotatable bonds is 13. The monoisotopic (exact) mass is 963 g/mol. The molecule has 3 aromatic heterocycles. The maximum Gasteiger partial charge on any atom is 0.247 e. The summed E-state index contributed by atoms with van der Waals surface area (Å²) in [6.07, 6.45) is 7.76. The number of thiophene rings is 1. The van der Waals surface area contributed by atoms with Crippen LogP contribution in [0.2, 0.25) is 5.02 Å². The van der Waals surface area contributed by atoms with Gasteiger partial charge >= 0.3 is 0 Å². The summed E-state index contributed by atoms with van der Waals surface area (Å²) in [6, 6.07) is 14.8. The lowest BCUT2D eigenvalue weighted by atomic mass is 9.83. The van der Waals surface area contributed by atoms with E-state index in [4.69, 9.17) is 16.6 Å². The van der Waals surface area contributed by atoms with Crippen LogP contribution in [0.1, 0.15) is 110 Å². The van der Waals surface area contributed by atoms with Crippen molar-refractivity contribution in [3.05, 3.63) is 92.8 Å². The maximum atomic E-state index is 14.5.